The molecule has 3 rings (SSSR count). The van der Waals surface area contributed by atoms with Gasteiger partial charge >= 0.3 is 0 Å². The zero-order chi connectivity index (χ0) is 12.7. The van der Waals surface area contributed by atoms with E-state index in [1.54, 1.807) is 18.0 Å². The first-order valence-corrected chi connectivity index (χ1v) is 5.45. The van der Waals surface area contributed by atoms with E-state index in [0.717, 1.165) is 16.8 Å². The van der Waals surface area contributed by atoms with Crippen molar-refractivity contribution in [3.8, 4) is 17.4 Å². The van der Waals surface area contributed by atoms with Gasteiger partial charge in [0.1, 0.15) is 6.07 Å². The van der Waals surface area contributed by atoms with Gasteiger partial charge in [-0.1, -0.05) is 5.16 Å². The second-order valence-electron chi connectivity index (χ2n) is 4.16. The van der Waals surface area contributed by atoms with E-state index >= 15 is 0 Å². The first-order chi connectivity index (χ1) is 8.69. The van der Waals surface area contributed by atoms with Gasteiger partial charge in [0.25, 0.3) is 0 Å². The molecule has 2 heterocycles. The number of likely N-dealkylation sites (N-methyl/N-ethyl adjacent to an activating group) is 1. The van der Waals surface area contributed by atoms with E-state index in [1.807, 2.05) is 24.3 Å². The first kappa shape index (κ1) is 10.5. The average molecular weight is 239 g/mol. The highest BCUT2D eigenvalue weighted by Crippen LogP contribution is 2.32. The standard InChI is InChI=1S/C13H9N3O2/c1-16-11-3-2-8(4-9(11)5-13(16)17)12-6-10(7-14)15-18-12/h2-4,6H,5H2,1H3. The van der Waals surface area contributed by atoms with Gasteiger partial charge in [0.2, 0.25) is 5.91 Å². The van der Waals surface area contributed by atoms with Crippen LogP contribution in [0.1, 0.15) is 11.3 Å². The lowest BCUT2D eigenvalue weighted by Gasteiger charge is -2.09. The van der Waals surface area contributed by atoms with E-state index in [-0.39, 0.29) is 11.6 Å². The fraction of sp³-hybridized carbons (Fsp3) is 0.154. The van der Waals surface area contributed by atoms with E-state index < -0.39 is 0 Å². The van der Waals surface area contributed by atoms with Crippen molar-refractivity contribution >= 4 is 11.6 Å². The Labute approximate surface area is 103 Å². The molecule has 0 N–H and O–H groups in total. The summed E-state index contributed by atoms with van der Waals surface area (Å²) in [4.78, 5) is 13.2. The maximum atomic E-state index is 11.6. The van der Waals surface area contributed by atoms with Gasteiger partial charge in [-0.05, 0) is 23.8 Å². The molecule has 88 valence electrons. The Kier molecular flexibility index (Phi) is 2.17. The largest absolute Gasteiger partial charge is 0.355 e. The van der Waals surface area contributed by atoms with Crippen LogP contribution >= 0.6 is 0 Å². The summed E-state index contributed by atoms with van der Waals surface area (Å²) >= 11 is 0. The molecule has 5 heteroatoms. The smallest absolute Gasteiger partial charge is 0.231 e. The molecular weight excluding hydrogens is 230 g/mol. The van der Waals surface area contributed by atoms with E-state index in [9.17, 15) is 4.79 Å². The minimum Gasteiger partial charge on any atom is -0.355 e. The summed E-state index contributed by atoms with van der Waals surface area (Å²) in [5.74, 6) is 0.619. The molecule has 0 unspecified atom stereocenters. The number of carbonyl (C=O) groups excluding carboxylic acids is 1. The summed E-state index contributed by atoms with van der Waals surface area (Å²) in [6, 6.07) is 9.14. The van der Waals surface area contributed by atoms with Crippen LogP contribution in [0.15, 0.2) is 28.8 Å². The molecule has 0 atom stereocenters. The predicted molar refractivity (Wildman–Crippen MR) is 63.8 cm³/mol. The number of hydrogen-bond donors (Lipinski definition) is 0. The van der Waals surface area contributed by atoms with Crippen molar-refractivity contribution in [1.29, 1.82) is 5.26 Å². The fourth-order valence-electron chi connectivity index (χ4n) is 2.09. The van der Waals surface area contributed by atoms with Gasteiger partial charge in [0.15, 0.2) is 11.5 Å². The molecule has 1 aromatic heterocycles. The molecular formula is C13H9N3O2. The average Bonchev–Trinajstić information content (AvgIpc) is 2.95. The maximum absolute atomic E-state index is 11.6. The quantitative estimate of drug-likeness (QED) is 0.759. The molecule has 0 saturated heterocycles. The summed E-state index contributed by atoms with van der Waals surface area (Å²) in [5, 5.41) is 12.3. The van der Waals surface area contributed by atoms with Crippen molar-refractivity contribution < 1.29 is 9.32 Å². The molecule has 2 aromatic rings. The number of carbonyl (C=O) groups is 1. The molecule has 0 saturated carbocycles. The molecule has 5 nitrogen and oxygen atoms in total. The zero-order valence-electron chi connectivity index (χ0n) is 9.67. The number of anilines is 1. The van der Waals surface area contributed by atoms with Crippen molar-refractivity contribution in [2.24, 2.45) is 0 Å². The van der Waals surface area contributed by atoms with Crippen LogP contribution in [0.5, 0.6) is 0 Å². The van der Waals surface area contributed by atoms with Crippen LogP contribution in [0.2, 0.25) is 0 Å². The number of nitrogens with zero attached hydrogens (tertiary/aromatic N) is 3. The third-order valence-corrected chi connectivity index (χ3v) is 3.07. The van der Waals surface area contributed by atoms with Crippen LogP contribution in [-0.2, 0) is 11.2 Å². The van der Waals surface area contributed by atoms with Crippen LogP contribution in [0.3, 0.4) is 0 Å². The Morgan fingerprint density at radius 1 is 1.44 bits per heavy atom. The van der Waals surface area contributed by atoms with Gasteiger partial charge < -0.3 is 9.42 Å². The summed E-state index contributed by atoms with van der Waals surface area (Å²) in [5.41, 5.74) is 2.96. The number of benzene rings is 1. The molecule has 0 radical (unpaired) electrons. The Balaban J connectivity index is 2.04. The summed E-state index contributed by atoms with van der Waals surface area (Å²) in [6.07, 6.45) is 0.402. The first-order valence-electron chi connectivity index (χ1n) is 5.45. The molecule has 0 spiro atoms. The second-order valence-corrected chi connectivity index (χ2v) is 4.16. The molecule has 1 aliphatic heterocycles. The van der Waals surface area contributed by atoms with Gasteiger partial charge in [-0.2, -0.15) is 5.26 Å². The van der Waals surface area contributed by atoms with Crippen LogP contribution in [-0.4, -0.2) is 18.1 Å². The molecule has 0 fully saturated rings. The van der Waals surface area contributed by atoms with Crippen LogP contribution < -0.4 is 4.90 Å². The second kappa shape index (κ2) is 3.70. The van der Waals surface area contributed by atoms with E-state index in [1.165, 1.54) is 0 Å². The number of hydrogen-bond acceptors (Lipinski definition) is 4. The third kappa shape index (κ3) is 1.47. The van der Waals surface area contributed by atoms with Crippen molar-refractivity contribution in [2.75, 3.05) is 11.9 Å². The molecule has 1 aromatic carbocycles. The minimum atomic E-state index is 0.0810. The lowest BCUT2D eigenvalue weighted by atomic mass is 10.1. The van der Waals surface area contributed by atoms with Gasteiger partial charge in [-0.15, -0.1) is 0 Å². The summed E-state index contributed by atoms with van der Waals surface area (Å²) < 4.78 is 5.08. The zero-order valence-corrected chi connectivity index (χ0v) is 9.67. The van der Waals surface area contributed by atoms with Gasteiger partial charge in [0, 0.05) is 24.4 Å². The van der Waals surface area contributed by atoms with Crippen LogP contribution in [0, 0.1) is 11.3 Å². The Morgan fingerprint density at radius 2 is 2.28 bits per heavy atom. The topological polar surface area (TPSA) is 70.1 Å². The molecule has 0 bridgehead atoms. The highest BCUT2D eigenvalue weighted by atomic mass is 16.5. The lowest BCUT2D eigenvalue weighted by Crippen LogP contribution is -2.20. The van der Waals surface area contributed by atoms with Crippen LogP contribution in [0.4, 0.5) is 5.69 Å². The Hall–Kier alpha value is -2.61. The van der Waals surface area contributed by atoms with Crippen molar-refractivity contribution in [1.82, 2.24) is 5.16 Å². The van der Waals surface area contributed by atoms with Crippen LogP contribution in [0.25, 0.3) is 11.3 Å². The number of nitriles is 1. The number of amides is 1. The van der Waals surface area contributed by atoms with Crippen molar-refractivity contribution in [2.45, 2.75) is 6.42 Å². The maximum Gasteiger partial charge on any atom is 0.231 e. The SMILES string of the molecule is CN1C(=O)Cc2cc(-c3cc(C#N)no3)ccc21. The summed E-state index contributed by atoms with van der Waals surface area (Å²) in [6.45, 7) is 0. The number of aromatic nitrogens is 1. The number of rotatable bonds is 1. The normalized spacial score (nSPS) is 13.6. The number of fused-ring (bicyclic) bond motifs is 1. The van der Waals surface area contributed by atoms with E-state index in [2.05, 4.69) is 5.16 Å². The third-order valence-electron chi connectivity index (χ3n) is 3.07. The van der Waals surface area contributed by atoms with Crippen molar-refractivity contribution in [3.63, 3.8) is 0 Å². The fourth-order valence-corrected chi connectivity index (χ4v) is 2.09. The molecule has 1 aliphatic rings. The lowest BCUT2D eigenvalue weighted by molar-refractivity contribution is -0.117. The highest BCUT2D eigenvalue weighted by Gasteiger charge is 2.24. The van der Waals surface area contributed by atoms with Gasteiger partial charge in [-0.25, -0.2) is 0 Å². The Bertz CT molecular complexity index is 682. The van der Waals surface area contributed by atoms with Gasteiger partial charge in [0.05, 0.1) is 6.42 Å². The summed E-state index contributed by atoms with van der Waals surface area (Å²) in [7, 11) is 1.76. The van der Waals surface area contributed by atoms with Crippen molar-refractivity contribution in [3.05, 3.63) is 35.5 Å². The van der Waals surface area contributed by atoms with E-state index in [4.69, 9.17) is 9.78 Å². The molecule has 18 heavy (non-hydrogen) atoms. The predicted octanol–water partition coefficient (Wildman–Crippen LogP) is 1.73. The van der Waals surface area contributed by atoms with E-state index in [0.29, 0.717) is 12.2 Å². The minimum absolute atomic E-state index is 0.0810. The molecule has 1 amide bonds. The molecule has 0 aliphatic carbocycles. The monoisotopic (exact) mass is 239 g/mol. The van der Waals surface area contributed by atoms with Gasteiger partial charge in [-0.3, -0.25) is 4.79 Å². The Morgan fingerprint density at radius 3 is 3.00 bits per heavy atom. The highest BCUT2D eigenvalue weighted by molar-refractivity contribution is 6.01.